The fourth-order valence-electron chi connectivity index (χ4n) is 4.13. The van der Waals surface area contributed by atoms with Gasteiger partial charge in [-0.05, 0) is 66.6 Å². The Labute approximate surface area is 297 Å². The third-order valence-electron chi connectivity index (χ3n) is 6.96. The van der Waals surface area contributed by atoms with Crippen molar-refractivity contribution < 1.29 is 68.1 Å². The number of esters is 3. The van der Waals surface area contributed by atoms with E-state index >= 15 is 0 Å². The van der Waals surface area contributed by atoms with Gasteiger partial charge in [0.05, 0.1) is 36.0 Å². The summed E-state index contributed by atoms with van der Waals surface area (Å²) in [6, 6.07) is 23.1. The second-order valence-electron chi connectivity index (χ2n) is 11.1. The van der Waals surface area contributed by atoms with Crippen LogP contribution in [0.4, 0.5) is 0 Å². The Morgan fingerprint density at radius 1 is 0.769 bits per heavy atom. The van der Waals surface area contributed by atoms with Gasteiger partial charge in [0.15, 0.2) is 18.9 Å². The number of phenols is 1. The molecule has 1 aliphatic rings. The first-order chi connectivity index (χ1) is 24.9. The zero-order valence-electron chi connectivity index (χ0n) is 27.9. The van der Waals surface area contributed by atoms with Crippen molar-refractivity contribution in [2.24, 2.45) is 0 Å². The molecule has 4 N–H and O–H groups in total. The molecule has 0 radical (unpaired) electrons. The summed E-state index contributed by atoms with van der Waals surface area (Å²) in [5.74, 6) is -1.57. The number of carbonyl (C=O) groups is 6. The third kappa shape index (κ3) is 13.9. The molecule has 1 heterocycles. The average molecular weight is 717 g/mol. The molecule has 0 aromatic heterocycles. The second-order valence-corrected chi connectivity index (χ2v) is 11.1. The largest absolute Gasteiger partial charge is 0.507 e. The van der Waals surface area contributed by atoms with Crippen LogP contribution in [-0.4, -0.2) is 63.2 Å². The number of carboxylic acids is 1. The van der Waals surface area contributed by atoms with E-state index in [1.165, 1.54) is 48.0 Å². The summed E-state index contributed by atoms with van der Waals surface area (Å²) < 4.78 is 20.2. The summed E-state index contributed by atoms with van der Waals surface area (Å²) in [5.41, 5.74) is 3.50. The lowest BCUT2D eigenvalue weighted by Crippen LogP contribution is -2.13. The van der Waals surface area contributed by atoms with Gasteiger partial charge in [-0.15, -0.1) is 0 Å². The summed E-state index contributed by atoms with van der Waals surface area (Å²) in [6.07, 6.45) is -0.343. The molecule has 4 aromatic rings. The Kier molecular flexibility index (Phi) is 15.7. The Hall–Kier alpha value is -6.38. The van der Waals surface area contributed by atoms with Crippen molar-refractivity contribution in [3.05, 3.63) is 118 Å². The van der Waals surface area contributed by atoms with Gasteiger partial charge >= 0.3 is 23.9 Å². The number of hydrogen-bond donors (Lipinski definition) is 4. The highest BCUT2D eigenvalue weighted by molar-refractivity contribution is 5.92. The molecule has 5 rings (SSSR count). The number of cyclic esters (lactones) is 2. The van der Waals surface area contributed by atoms with Crippen LogP contribution < -0.4 is 14.2 Å². The number of hydrogen-bond acceptors (Lipinski definition) is 13. The van der Waals surface area contributed by atoms with E-state index in [1.807, 2.05) is 31.2 Å². The monoisotopic (exact) mass is 716 g/mol. The van der Waals surface area contributed by atoms with Crippen LogP contribution in [0, 0.1) is 6.92 Å². The number of carbonyl (C=O) groups excluding carboxylic acids is 5. The van der Waals surface area contributed by atoms with E-state index in [2.05, 4.69) is 4.74 Å². The second kappa shape index (κ2) is 20.3. The molecule has 0 bridgehead atoms. The number of aromatic carboxylic acids is 1. The van der Waals surface area contributed by atoms with Gasteiger partial charge in [-0.3, -0.25) is 24.0 Å². The minimum atomic E-state index is -1.61. The number of carboxylic acid groups (broad SMARTS) is 1. The van der Waals surface area contributed by atoms with Crippen molar-refractivity contribution >= 4 is 36.4 Å². The SMILES string of the molecule is Cc1ccc(COc2ccc(O)c(C=O)c2)cc1.O=C1CCC(=O)O1.O=Cc1cc(OCc2ccc(C(=O)O)cc2)ccc1OC(=O)CCC(O)O. The maximum atomic E-state index is 11.6. The summed E-state index contributed by atoms with van der Waals surface area (Å²) >= 11 is 0. The molecule has 52 heavy (non-hydrogen) atoms. The van der Waals surface area contributed by atoms with Crippen LogP contribution >= 0.6 is 0 Å². The number of aryl methyl sites for hydroxylation is 1. The van der Waals surface area contributed by atoms with Crippen LogP contribution in [0.5, 0.6) is 23.0 Å². The summed E-state index contributed by atoms with van der Waals surface area (Å²) in [5, 5.41) is 35.7. The molecule has 14 heteroatoms. The topological polar surface area (TPSA) is 220 Å². The number of aldehydes is 2. The molecular formula is C38H36O14. The minimum Gasteiger partial charge on any atom is -0.507 e. The van der Waals surface area contributed by atoms with Gasteiger partial charge in [-0.1, -0.05) is 42.0 Å². The van der Waals surface area contributed by atoms with Crippen molar-refractivity contribution in [1.29, 1.82) is 0 Å². The number of aromatic hydroxyl groups is 1. The summed E-state index contributed by atoms with van der Waals surface area (Å²) in [4.78, 5) is 64.4. The smallest absolute Gasteiger partial charge is 0.335 e. The predicted molar refractivity (Wildman–Crippen MR) is 182 cm³/mol. The molecule has 14 nitrogen and oxygen atoms in total. The van der Waals surface area contributed by atoms with Gasteiger partial charge in [0, 0.05) is 6.42 Å². The molecule has 1 fully saturated rings. The highest BCUT2D eigenvalue weighted by Crippen LogP contribution is 2.25. The van der Waals surface area contributed by atoms with E-state index in [1.54, 1.807) is 18.2 Å². The normalized spacial score (nSPS) is 11.6. The number of benzene rings is 4. The van der Waals surface area contributed by atoms with E-state index in [4.69, 9.17) is 29.5 Å². The van der Waals surface area contributed by atoms with E-state index < -0.39 is 30.2 Å². The molecule has 0 unspecified atom stereocenters. The van der Waals surface area contributed by atoms with Crippen LogP contribution in [0.2, 0.25) is 0 Å². The lowest BCUT2D eigenvalue weighted by molar-refractivity contribution is -0.152. The molecule has 0 spiro atoms. The first-order valence-electron chi connectivity index (χ1n) is 15.7. The zero-order chi connectivity index (χ0) is 38.0. The van der Waals surface area contributed by atoms with Gasteiger partial charge in [0.1, 0.15) is 36.2 Å². The van der Waals surface area contributed by atoms with Gasteiger partial charge < -0.3 is 39.4 Å². The molecular weight excluding hydrogens is 680 g/mol. The van der Waals surface area contributed by atoms with Crippen molar-refractivity contribution in [3.63, 3.8) is 0 Å². The van der Waals surface area contributed by atoms with Gasteiger partial charge in [-0.2, -0.15) is 0 Å². The van der Waals surface area contributed by atoms with Crippen molar-refractivity contribution in [1.82, 2.24) is 0 Å². The Balaban J connectivity index is 0.000000248. The molecule has 0 saturated carbocycles. The fraction of sp³-hybridized carbons (Fsp3) is 0.211. The van der Waals surface area contributed by atoms with Gasteiger partial charge in [0.25, 0.3) is 0 Å². The third-order valence-corrected chi connectivity index (χ3v) is 6.96. The predicted octanol–water partition coefficient (Wildman–Crippen LogP) is 4.71. The first-order valence-corrected chi connectivity index (χ1v) is 15.7. The molecule has 0 aliphatic carbocycles. The average Bonchev–Trinajstić information content (AvgIpc) is 3.52. The van der Waals surface area contributed by atoms with Crippen molar-refractivity contribution in [2.75, 3.05) is 0 Å². The highest BCUT2D eigenvalue weighted by atomic mass is 16.6. The number of aliphatic hydroxyl groups excluding tert-OH is 1. The molecule has 4 aromatic carbocycles. The van der Waals surface area contributed by atoms with E-state index in [-0.39, 0.29) is 60.5 Å². The van der Waals surface area contributed by atoms with Crippen LogP contribution in [0.15, 0.2) is 84.9 Å². The number of phenolic OH excluding ortho intramolecular Hbond substituents is 1. The van der Waals surface area contributed by atoms with Gasteiger partial charge in [0.2, 0.25) is 0 Å². The van der Waals surface area contributed by atoms with Crippen LogP contribution in [0.3, 0.4) is 0 Å². The van der Waals surface area contributed by atoms with E-state index in [0.29, 0.717) is 30.7 Å². The summed E-state index contributed by atoms with van der Waals surface area (Å²) in [7, 11) is 0. The van der Waals surface area contributed by atoms with Crippen LogP contribution in [0.1, 0.15) is 73.4 Å². The maximum Gasteiger partial charge on any atom is 0.335 e. The lowest BCUT2D eigenvalue weighted by Gasteiger charge is -2.10. The Bertz CT molecular complexity index is 1830. The molecule has 0 amide bonds. The van der Waals surface area contributed by atoms with E-state index in [0.717, 1.165) is 11.1 Å². The standard InChI is InChI=1S/C19H18O8.C15H14O3.C4H4O3/c20-10-14-9-15(5-6-16(14)27-18(23)8-7-17(21)22)26-11-12-1-3-13(4-2-12)19(24)25;1-11-2-4-12(5-3-11)10-18-14-6-7-15(17)13(8-14)9-16;5-3-1-2-4(6)7-3/h1-6,9-10,17,21-22H,7-8,11H2,(H,24,25);2-9,17H,10H2,1H3;1-2H2. The first kappa shape index (κ1) is 40.1. The molecule has 1 saturated heterocycles. The lowest BCUT2D eigenvalue weighted by atomic mass is 10.1. The summed E-state index contributed by atoms with van der Waals surface area (Å²) in [6.45, 7) is 2.62. The van der Waals surface area contributed by atoms with E-state index in [9.17, 15) is 33.9 Å². The minimum absolute atomic E-state index is 0.0346. The van der Waals surface area contributed by atoms with Crippen LogP contribution in [-0.2, 0) is 32.3 Å². The highest BCUT2D eigenvalue weighted by Gasteiger charge is 2.19. The Morgan fingerprint density at radius 3 is 1.77 bits per heavy atom. The zero-order valence-corrected chi connectivity index (χ0v) is 27.9. The van der Waals surface area contributed by atoms with Crippen LogP contribution in [0.25, 0.3) is 0 Å². The number of ether oxygens (including phenoxy) is 4. The number of aliphatic hydroxyl groups is 2. The molecule has 1 aliphatic heterocycles. The van der Waals surface area contributed by atoms with Crippen molar-refractivity contribution in [3.8, 4) is 23.0 Å². The molecule has 0 atom stereocenters. The van der Waals surface area contributed by atoms with Gasteiger partial charge in [-0.25, -0.2) is 4.79 Å². The number of rotatable bonds is 13. The van der Waals surface area contributed by atoms with Crippen molar-refractivity contribution in [2.45, 2.75) is 52.1 Å². The fourth-order valence-corrected chi connectivity index (χ4v) is 4.13. The Morgan fingerprint density at radius 2 is 1.29 bits per heavy atom. The quantitative estimate of drug-likeness (QED) is 0.0484. The maximum absolute atomic E-state index is 11.6. The molecule has 272 valence electrons.